The molecule has 0 aromatic heterocycles. The van der Waals surface area contributed by atoms with Crippen LogP contribution in [0.5, 0.6) is 0 Å². The van der Waals surface area contributed by atoms with Crippen molar-refractivity contribution in [3.05, 3.63) is 35.9 Å². The van der Waals surface area contributed by atoms with Gasteiger partial charge in [-0.1, -0.05) is 30.3 Å². The molecular weight excluding hydrogens is 266 g/mol. The molecule has 3 rings (SSSR count). The Hall–Kier alpha value is -0.550. The normalized spacial score (nSPS) is 28.9. The fourth-order valence-electron chi connectivity index (χ4n) is 3.36. The van der Waals surface area contributed by atoms with Crippen LogP contribution in [-0.2, 0) is 6.54 Å². The highest BCUT2D eigenvalue weighted by Gasteiger charge is 2.39. The number of nitrogens with two attached hydrogens (primary N) is 1. The van der Waals surface area contributed by atoms with Gasteiger partial charge in [-0.25, -0.2) is 0 Å². The van der Waals surface area contributed by atoms with E-state index in [1.807, 2.05) is 0 Å². The van der Waals surface area contributed by atoms with Crippen molar-refractivity contribution in [1.29, 1.82) is 0 Å². The molecule has 2 saturated heterocycles. The minimum absolute atomic E-state index is 0.295. The molecule has 2 aliphatic heterocycles. The van der Waals surface area contributed by atoms with Gasteiger partial charge >= 0.3 is 0 Å². The smallest absolute Gasteiger partial charge is 0.0430 e. The molecule has 110 valence electrons. The van der Waals surface area contributed by atoms with Gasteiger partial charge in [0.1, 0.15) is 0 Å². The number of nitrogens with zero attached hydrogens (tertiary/aromatic N) is 2. The van der Waals surface area contributed by atoms with E-state index in [0.717, 1.165) is 13.1 Å². The minimum atomic E-state index is 0.295. The maximum absolute atomic E-state index is 6.09. The van der Waals surface area contributed by atoms with E-state index in [2.05, 4.69) is 51.9 Å². The third-order valence-electron chi connectivity index (χ3n) is 4.75. The molecule has 2 aliphatic rings. The van der Waals surface area contributed by atoms with Crippen molar-refractivity contribution in [3.8, 4) is 0 Å². The molecule has 4 heteroatoms. The van der Waals surface area contributed by atoms with Crippen LogP contribution < -0.4 is 5.73 Å². The predicted molar refractivity (Wildman–Crippen MR) is 87.0 cm³/mol. The lowest BCUT2D eigenvalue weighted by molar-refractivity contribution is 0.0478. The average molecular weight is 291 g/mol. The summed E-state index contributed by atoms with van der Waals surface area (Å²) in [4.78, 5) is 5.23. The fourth-order valence-corrected chi connectivity index (χ4v) is 4.85. The van der Waals surface area contributed by atoms with Crippen LogP contribution in [0.3, 0.4) is 0 Å². The summed E-state index contributed by atoms with van der Waals surface area (Å²) in [6.45, 7) is 6.58. The highest BCUT2D eigenvalue weighted by Crippen LogP contribution is 2.33. The molecule has 1 aromatic carbocycles. The Bertz CT molecular complexity index is 409. The second-order valence-electron chi connectivity index (χ2n) is 5.98. The summed E-state index contributed by atoms with van der Waals surface area (Å²) >= 11 is 2.07. The molecule has 20 heavy (non-hydrogen) atoms. The van der Waals surface area contributed by atoms with Gasteiger partial charge in [0.15, 0.2) is 0 Å². The predicted octanol–water partition coefficient (Wildman–Crippen LogP) is 1.64. The Morgan fingerprint density at radius 1 is 1.10 bits per heavy atom. The van der Waals surface area contributed by atoms with Crippen molar-refractivity contribution < 1.29 is 0 Å². The van der Waals surface area contributed by atoms with Crippen LogP contribution >= 0.6 is 11.8 Å². The fraction of sp³-hybridized carbons (Fsp3) is 0.625. The second-order valence-corrected chi connectivity index (χ2v) is 7.09. The van der Waals surface area contributed by atoms with E-state index < -0.39 is 0 Å². The topological polar surface area (TPSA) is 32.5 Å². The van der Waals surface area contributed by atoms with Gasteiger partial charge in [-0.05, 0) is 17.7 Å². The van der Waals surface area contributed by atoms with Crippen LogP contribution in [0.2, 0.25) is 0 Å². The molecule has 0 aliphatic carbocycles. The number of thioether (sulfide) groups is 1. The SMILES string of the molecule is NCC1(N2CCN(Cc3ccccc3)CC2)CCSC1. The van der Waals surface area contributed by atoms with E-state index >= 15 is 0 Å². The van der Waals surface area contributed by atoms with E-state index in [4.69, 9.17) is 5.73 Å². The molecule has 2 N–H and O–H groups in total. The summed E-state index contributed by atoms with van der Waals surface area (Å²) < 4.78 is 0. The van der Waals surface area contributed by atoms with Gasteiger partial charge in [-0.15, -0.1) is 0 Å². The molecular formula is C16H25N3S. The summed E-state index contributed by atoms with van der Waals surface area (Å²) in [6, 6.07) is 10.8. The molecule has 0 radical (unpaired) electrons. The van der Waals surface area contributed by atoms with E-state index in [-0.39, 0.29) is 0 Å². The Balaban J connectivity index is 1.54. The first-order valence-electron chi connectivity index (χ1n) is 7.62. The zero-order chi connectivity index (χ0) is 13.8. The van der Waals surface area contributed by atoms with Crippen LogP contribution in [0.15, 0.2) is 30.3 Å². The van der Waals surface area contributed by atoms with Crippen molar-refractivity contribution in [1.82, 2.24) is 9.80 Å². The maximum atomic E-state index is 6.09. The largest absolute Gasteiger partial charge is 0.329 e. The van der Waals surface area contributed by atoms with Crippen molar-refractivity contribution >= 4 is 11.8 Å². The Morgan fingerprint density at radius 3 is 2.45 bits per heavy atom. The molecule has 0 bridgehead atoms. The van der Waals surface area contributed by atoms with Gasteiger partial charge in [0.2, 0.25) is 0 Å². The van der Waals surface area contributed by atoms with Crippen LogP contribution in [0.25, 0.3) is 0 Å². The molecule has 0 saturated carbocycles. The lowest BCUT2D eigenvalue weighted by Gasteiger charge is -2.45. The van der Waals surface area contributed by atoms with E-state index in [1.165, 1.54) is 49.7 Å². The van der Waals surface area contributed by atoms with E-state index in [0.29, 0.717) is 5.54 Å². The molecule has 2 fully saturated rings. The summed E-state index contributed by atoms with van der Waals surface area (Å²) in [5.41, 5.74) is 7.81. The first kappa shape index (κ1) is 14.4. The zero-order valence-corrected chi connectivity index (χ0v) is 12.9. The monoisotopic (exact) mass is 291 g/mol. The Morgan fingerprint density at radius 2 is 1.85 bits per heavy atom. The standard InChI is InChI=1S/C16H25N3S/c17-13-16(6-11-20-14-16)19-9-7-18(8-10-19)12-15-4-2-1-3-5-15/h1-5H,6-14,17H2. The quantitative estimate of drug-likeness (QED) is 0.914. The zero-order valence-electron chi connectivity index (χ0n) is 12.1. The Kier molecular flexibility index (Phi) is 4.66. The van der Waals surface area contributed by atoms with Gasteiger partial charge in [-0.2, -0.15) is 11.8 Å². The van der Waals surface area contributed by atoms with Crippen molar-refractivity contribution in [2.75, 3.05) is 44.2 Å². The summed E-state index contributed by atoms with van der Waals surface area (Å²) in [5.74, 6) is 2.50. The van der Waals surface area contributed by atoms with Gasteiger partial charge in [0.05, 0.1) is 0 Å². The third kappa shape index (κ3) is 3.03. The van der Waals surface area contributed by atoms with Crippen LogP contribution in [-0.4, -0.2) is 59.6 Å². The first-order valence-corrected chi connectivity index (χ1v) is 8.77. The third-order valence-corrected chi connectivity index (χ3v) is 5.99. The number of rotatable bonds is 4. The highest BCUT2D eigenvalue weighted by atomic mass is 32.2. The van der Waals surface area contributed by atoms with Gasteiger partial charge < -0.3 is 5.73 Å². The van der Waals surface area contributed by atoms with Gasteiger partial charge in [0.25, 0.3) is 0 Å². The highest BCUT2D eigenvalue weighted by molar-refractivity contribution is 7.99. The first-order chi connectivity index (χ1) is 9.82. The van der Waals surface area contributed by atoms with Crippen LogP contribution in [0.4, 0.5) is 0 Å². The number of benzene rings is 1. The average Bonchev–Trinajstić information content (AvgIpc) is 2.99. The lowest BCUT2D eigenvalue weighted by atomic mass is 9.95. The van der Waals surface area contributed by atoms with Crippen LogP contribution in [0, 0.1) is 0 Å². The molecule has 1 unspecified atom stereocenters. The van der Waals surface area contributed by atoms with Crippen molar-refractivity contribution in [2.45, 2.75) is 18.5 Å². The second kappa shape index (κ2) is 6.48. The van der Waals surface area contributed by atoms with Crippen molar-refractivity contribution in [2.24, 2.45) is 5.73 Å². The van der Waals surface area contributed by atoms with Gasteiger partial charge in [-0.3, -0.25) is 9.80 Å². The number of piperazine rings is 1. The van der Waals surface area contributed by atoms with Crippen LogP contribution in [0.1, 0.15) is 12.0 Å². The molecule has 3 nitrogen and oxygen atoms in total. The molecule has 1 atom stereocenters. The lowest BCUT2D eigenvalue weighted by Crippen LogP contribution is -2.60. The molecule has 2 heterocycles. The van der Waals surface area contributed by atoms with Crippen molar-refractivity contribution in [3.63, 3.8) is 0 Å². The molecule has 0 amide bonds. The minimum Gasteiger partial charge on any atom is -0.329 e. The molecule has 1 aromatic rings. The summed E-state index contributed by atoms with van der Waals surface area (Å²) in [6.07, 6.45) is 1.27. The number of hydrogen-bond donors (Lipinski definition) is 1. The van der Waals surface area contributed by atoms with Gasteiger partial charge in [0, 0.05) is 50.6 Å². The Labute approximate surface area is 126 Å². The number of hydrogen-bond acceptors (Lipinski definition) is 4. The summed E-state index contributed by atoms with van der Waals surface area (Å²) in [7, 11) is 0. The maximum Gasteiger partial charge on any atom is 0.0430 e. The van der Waals surface area contributed by atoms with E-state index in [1.54, 1.807) is 0 Å². The molecule has 0 spiro atoms. The summed E-state index contributed by atoms with van der Waals surface area (Å²) in [5, 5.41) is 0. The van der Waals surface area contributed by atoms with E-state index in [9.17, 15) is 0 Å².